The number of nitrogens with two attached hydrogens (primary N) is 1. The molecule has 0 spiro atoms. The van der Waals surface area contributed by atoms with Gasteiger partial charge in [0.1, 0.15) is 0 Å². The van der Waals surface area contributed by atoms with Crippen LogP contribution in [0, 0.1) is 5.92 Å². The van der Waals surface area contributed by atoms with E-state index in [1.54, 1.807) is 7.11 Å². The van der Waals surface area contributed by atoms with Gasteiger partial charge in [-0.1, -0.05) is 0 Å². The molecule has 2 N–H and O–H groups in total. The van der Waals surface area contributed by atoms with Crippen LogP contribution in [0.4, 0.5) is 0 Å². The van der Waals surface area contributed by atoms with Crippen LogP contribution in [0.5, 0.6) is 0 Å². The first kappa shape index (κ1) is 13.8. The van der Waals surface area contributed by atoms with Crippen molar-refractivity contribution in [2.24, 2.45) is 11.7 Å². The van der Waals surface area contributed by atoms with E-state index in [9.17, 15) is 4.79 Å². The number of methoxy groups -OCH3 is 1. The summed E-state index contributed by atoms with van der Waals surface area (Å²) in [6.45, 7) is 0. The summed E-state index contributed by atoms with van der Waals surface area (Å²) in [6.07, 6.45) is 8.01. The quantitative estimate of drug-likeness (QED) is 0.827. The van der Waals surface area contributed by atoms with Gasteiger partial charge < -0.3 is 15.4 Å². The summed E-state index contributed by atoms with van der Waals surface area (Å²) in [5.74, 6) is 0.479. The Morgan fingerprint density at radius 3 is 2.28 bits per heavy atom. The number of carbonyl (C=O) groups is 1. The molecule has 0 heterocycles. The van der Waals surface area contributed by atoms with Crippen LogP contribution in [0.1, 0.15) is 44.9 Å². The Morgan fingerprint density at radius 2 is 1.83 bits per heavy atom. The fourth-order valence-corrected chi connectivity index (χ4v) is 3.07. The first-order chi connectivity index (χ1) is 8.63. The second-order valence-corrected chi connectivity index (χ2v) is 5.83. The second-order valence-electron chi connectivity index (χ2n) is 5.83. The molecule has 0 aromatic heterocycles. The maximum Gasteiger partial charge on any atom is 0.239 e. The number of nitrogens with zero attached hydrogens (tertiary/aromatic N) is 1. The van der Waals surface area contributed by atoms with Crippen LogP contribution in [-0.2, 0) is 9.53 Å². The fraction of sp³-hybridized carbons (Fsp3) is 0.929. The summed E-state index contributed by atoms with van der Waals surface area (Å²) in [6, 6.07) is 0.132. The zero-order chi connectivity index (χ0) is 13.1. The van der Waals surface area contributed by atoms with Gasteiger partial charge in [-0.3, -0.25) is 4.79 Å². The van der Waals surface area contributed by atoms with Gasteiger partial charge in [0.15, 0.2) is 0 Å². The normalized spacial score (nSPS) is 30.6. The van der Waals surface area contributed by atoms with Gasteiger partial charge in [-0.25, -0.2) is 0 Å². The smallest absolute Gasteiger partial charge is 0.239 e. The van der Waals surface area contributed by atoms with Gasteiger partial charge in [0.25, 0.3) is 0 Å². The Morgan fingerprint density at radius 1 is 1.22 bits per heavy atom. The van der Waals surface area contributed by atoms with Crippen LogP contribution in [0.25, 0.3) is 0 Å². The van der Waals surface area contributed by atoms with Gasteiger partial charge in [0.05, 0.1) is 12.1 Å². The average molecular weight is 254 g/mol. The topological polar surface area (TPSA) is 55.6 Å². The summed E-state index contributed by atoms with van der Waals surface area (Å²) in [5, 5.41) is 0. The molecule has 0 radical (unpaired) electrons. The lowest BCUT2D eigenvalue weighted by atomic mass is 9.81. The lowest BCUT2D eigenvalue weighted by Crippen LogP contribution is -2.52. The summed E-state index contributed by atoms with van der Waals surface area (Å²) in [7, 11) is 3.67. The predicted molar refractivity (Wildman–Crippen MR) is 71.1 cm³/mol. The van der Waals surface area contributed by atoms with E-state index in [0.717, 1.165) is 38.5 Å². The van der Waals surface area contributed by atoms with Crippen molar-refractivity contribution in [3.05, 3.63) is 0 Å². The zero-order valence-electron chi connectivity index (χ0n) is 11.6. The third-order valence-corrected chi connectivity index (χ3v) is 4.82. The number of ether oxygens (including phenoxy) is 1. The monoisotopic (exact) mass is 254 g/mol. The van der Waals surface area contributed by atoms with Crippen molar-refractivity contribution in [2.45, 2.75) is 63.1 Å². The van der Waals surface area contributed by atoms with E-state index in [1.807, 2.05) is 11.9 Å². The highest BCUT2D eigenvalue weighted by atomic mass is 16.5. The predicted octanol–water partition coefficient (Wildman–Crippen LogP) is 1.53. The Labute approximate surface area is 110 Å². The van der Waals surface area contributed by atoms with E-state index in [0.29, 0.717) is 18.1 Å². The number of likely N-dealkylation sites (N-methyl/N-ethyl adjacent to an activating group) is 1. The molecule has 0 aliphatic heterocycles. The van der Waals surface area contributed by atoms with E-state index in [2.05, 4.69) is 0 Å². The highest BCUT2D eigenvalue weighted by molar-refractivity contribution is 5.82. The Bertz CT molecular complexity index is 284. The van der Waals surface area contributed by atoms with E-state index in [4.69, 9.17) is 10.5 Å². The summed E-state index contributed by atoms with van der Waals surface area (Å²) >= 11 is 0. The van der Waals surface area contributed by atoms with Crippen molar-refractivity contribution in [1.82, 2.24) is 4.90 Å². The molecule has 1 amide bonds. The molecule has 2 aliphatic carbocycles. The number of hydrogen-bond donors (Lipinski definition) is 1. The molecule has 2 saturated carbocycles. The van der Waals surface area contributed by atoms with Crippen molar-refractivity contribution in [3.63, 3.8) is 0 Å². The van der Waals surface area contributed by atoms with Crippen molar-refractivity contribution in [1.29, 1.82) is 0 Å². The minimum atomic E-state index is -0.312. The van der Waals surface area contributed by atoms with Gasteiger partial charge in [0, 0.05) is 20.2 Å². The highest BCUT2D eigenvalue weighted by Gasteiger charge is 2.34. The summed E-state index contributed by atoms with van der Waals surface area (Å²) < 4.78 is 5.36. The van der Waals surface area contributed by atoms with Crippen molar-refractivity contribution < 1.29 is 9.53 Å². The largest absolute Gasteiger partial charge is 0.381 e. The molecule has 2 aliphatic rings. The van der Waals surface area contributed by atoms with Gasteiger partial charge in [-0.05, 0) is 50.9 Å². The molecule has 0 unspecified atom stereocenters. The Hall–Kier alpha value is -0.610. The van der Waals surface area contributed by atoms with Crippen LogP contribution in [-0.4, -0.2) is 43.2 Å². The van der Waals surface area contributed by atoms with Gasteiger partial charge in [-0.15, -0.1) is 0 Å². The molecular weight excluding hydrogens is 228 g/mol. The second kappa shape index (κ2) is 6.02. The standard InChI is InChI=1S/C14H26N2O2/c1-16(11-4-3-5-11)14(17)13(15)10-6-8-12(18-2)9-7-10/h10-13H,3-9,15H2,1-2H3/t10?,12?,13-/m0/s1. The van der Waals surface area contributed by atoms with E-state index in [1.165, 1.54) is 6.42 Å². The summed E-state index contributed by atoms with van der Waals surface area (Å²) in [5.41, 5.74) is 6.16. The molecule has 0 bridgehead atoms. The zero-order valence-corrected chi connectivity index (χ0v) is 11.6. The van der Waals surface area contributed by atoms with Crippen LogP contribution in [0.3, 0.4) is 0 Å². The van der Waals surface area contributed by atoms with Gasteiger partial charge in [0.2, 0.25) is 5.91 Å². The van der Waals surface area contributed by atoms with E-state index in [-0.39, 0.29) is 11.9 Å². The lowest BCUT2D eigenvalue weighted by molar-refractivity contribution is -0.136. The van der Waals surface area contributed by atoms with Crippen LogP contribution < -0.4 is 5.73 Å². The Kier molecular flexibility index (Phi) is 4.62. The molecular formula is C14H26N2O2. The molecule has 0 saturated heterocycles. The van der Waals surface area contributed by atoms with Gasteiger partial charge in [-0.2, -0.15) is 0 Å². The number of rotatable bonds is 4. The molecule has 1 atom stereocenters. The van der Waals surface area contributed by atoms with Crippen molar-refractivity contribution >= 4 is 5.91 Å². The maximum atomic E-state index is 12.3. The maximum absolute atomic E-state index is 12.3. The molecule has 2 rings (SSSR count). The Balaban J connectivity index is 1.83. The van der Waals surface area contributed by atoms with Crippen molar-refractivity contribution in [2.75, 3.05) is 14.2 Å². The third-order valence-electron chi connectivity index (χ3n) is 4.82. The molecule has 18 heavy (non-hydrogen) atoms. The molecule has 4 heteroatoms. The van der Waals surface area contributed by atoms with Crippen molar-refractivity contribution in [3.8, 4) is 0 Å². The van der Waals surface area contributed by atoms with E-state index >= 15 is 0 Å². The minimum absolute atomic E-state index is 0.139. The molecule has 2 fully saturated rings. The SMILES string of the molecule is COC1CCC([C@H](N)C(=O)N(C)C2CCC2)CC1. The van der Waals surface area contributed by atoms with E-state index < -0.39 is 0 Å². The molecule has 104 valence electrons. The summed E-state index contributed by atoms with van der Waals surface area (Å²) in [4.78, 5) is 14.2. The fourth-order valence-electron chi connectivity index (χ4n) is 3.07. The van der Waals surface area contributed by atoms with Crippen LogP contribution >= 0.6 is 0 Å². The number of amides is 1. The van der Waals surface area contributed by atoms with Crippen LogP contribution in [0.2, 0.25) is 0 Å². The van der Waals surface area contributed by atoms with Gasteiger partial charge >= 0.3 is 0 Å². The first-order valence-electron chi connectivity index (χ1n) is 7.18. The molecule has 0 aromatic rings. The first-order valence-corrected chi connectivity index (χ1v) is 7.18. The molecule has 4 nitrogen and oxygen atoms in total. The molecule has 0 aromatic carbocycles. The number of carbonyl (C=O) groups excluding carboxylic acids is 1. The van der Waals surface area contributed by atoms with Crippen LogP contribution in [0.15, 0.2) is 0 Å². The highest BCUT2D eigenvalue weighted by Crippen LogP contribution is 2.30. The minimum Gasteiger partial charge on any atom is -0.381 e. The average Bonchev–Trinajstić information content (AvgIpc) is 2.35. The lowest BCUT2D eigenvalue weighted by Gasteiger charge is -2.38. The third kappa shape index (κ3) is 2.86. The number of hydrogen-bond acceptors (Lipinski definition) is 3.